The van der Waals surface area contributed by atoms with E-state index in [-0.39, 0.29) is 0 Å². The van der Waals surface area contributed by atoms with Crippen LogP contribution in [0.25, 0.3) is 0 Å². The van der Waals surface area contributed by atoms with Crippen LogP contribution in [0.5, 0.6) is 0 Å². The molecule has 1 heterocycles. The van der Waals surface area contributed by atoms with Crippen molar-refractivity contribution in [3.8, 4) is 0 Å². The Morgan fingerprint density at radius 1 is 1.71 bits per heavy atom. The molecule has 0 aromatic heterocycles. The van der Waals surface area contributed by atoms with Crippen LogP contribution in [0.2, 0.25) is 0 Å². The van der Waals surface area contributed by atoms with Crippen LogP contribution in [-0.4, -0.2) is 19.3 Å². The summed E-state index contributed by atoms with van der Waals surface area (Å²) in [5.41, 5.74) is 2.62. The second-order valence-electron chi connectivity index (χ2n) is 1.62. The first-order chi connectivity index (χ1) is 3.39. The minimum atomic E-state index is -0.499. The molecule has 1 aliphatic rings. The van der Waals surface area contributed by atoms with Gasteiger partial charge in [0.1, 0.15) is 6.10 Å². The molecule has 1 unspecified atom stereocenters. The molecule has 1 N–H and O–H groups in total. The average Bonchev–Trinajstić information content (AvgIpc) is 1.69. The van der Waals surface area contributed by atoms with Gasteiger partial charge in [0, 0.05) is 6.54 Å². The number of nitrogens with one attached hydrogen (secondary N) is 1. The SMILES string of the molecule is [O]C1CCNOC1. The summed E-state index contributed by atoms with van der Waals surface area (Å²) in [7, 11) is 0. The second-order valence-corrected chi connectivity index (χ2v) is 1.62. The molecule has 1 saturated heterocycles. The monoisotopic (exact) mass is 102 g/mol. The molecule has 3 nitrogen and oxygen atoms in total. The summed E-state index contributed by atoms with van der Waals surface area (Å²) in [6.45, 7) is 1.02. The molecule has 41 valence electrons. The Morgan fingerprint density at radius 2 is 2.57 bits per heavy atom. The maximum atomic E-state index is 10.4. The van der Waals surface area contributed by atoms with Crippen molar-refractivity contribution in [3.05, 3.63) is 0 Å². The molecular formula is C4H8NO2. The Hall–Kier alpha value is -0.120. The lowest BCUT2D eigenvalue weighted by atomic mass is 10.2. The summed E-state index contributed by atoms with van der Waals surface area (Å²) >= 11 is 0. The van der Waals surface area contributed by atoms with Crippen molar-refractivity contribution in [2.75, 3.05) is 13.2 Å². The Balaban J connectivity index is 2.12. The Labute approximate surface area is 42.2 Å². The Bertz CT molecular complexity index is 51.7. The number of hydrogen-bond donors (Lipinski definition) is 1. The molecule has 0 aromatic rings. The summed E-state index contributed by atoms with van der Waals surface area (Å²) in [6, 6.07) is 0. The summed E-state index contributed by atoms with van der Waals surface area (Å²) in [5, 5.41) is 10.4. The Morgan fingerprint density at radius 3 is 2.86 bits per heavy atom. The molecule has 1 radical (unpaired) electrons. The van der Waals surface area contributed by atoms with E-state index in [0.717, 1.165) is 0 Å². The molecule has 0 saturated carbocycles. The van der Waals surface area contributed by atoms with E-state index in [2.05, 4.69) is 10.3 Å². The van der Waals surface area contributed by atoms with Gasteiger partial charge in [-0.1, -0.05) is 0 Å². The lowest BCUT2D eigenvalue weighted by molar-refractivity contribution is -0.0821. The molecule has 7 heavy (non-hydrogen) atoms. The number of rotatable bonds is 0. The summed E-state index contributed by atoms with van der Waals surface area (Å²) in [4.78, 5) is 4.62. The third kappa shape index (κ3) is 1.43. The third-order valence-corrected chi connectivity index (χ3v) is 0.940. The van der Waals surface area contributed by atoms with E-state index in [9.17, 15) is 5.11 Å². The van der Waals surface area contributed by atoms with Gasteiger partial charge < -0.3 is 0 Å². The minimum Gasteiger partial charge on any atom is -0.299 e. The van der Waals surface area contributed by atoms with Crippen LogP contribution in [0.3, 0.4) is 0 Å². The van der Waals surface area contributed by atoms with Crippen molar-refractivity contribution in [2.45, 2.75) is 12.5 Å². The van der Waals surface area contributed by atoms with Gasteiger partial charge in [-0.15, -0.1) is 0 Å². The van der Waals surface area contributed by atoms with Gasteiger partial charge in [0.15, 0.2) is 0 Å². The van der Waals surface area contributed by atoms with E-state index in [4.69, 9.17) is 0 Å². The van der Waals surface area contributed by atoms with Crippen LogP contribution in [-0.2, 0) is 9.94 Å². The highest BCUT2D eigenvalue weighted by Gasteiger charge is 2.09. The Kier molecular flexibility index (Phi) is 1.62. The lowest BCUT2D eigenvalue weighted by Crippen LogP contribution is -2.32. The van der Waals surface area contributed by atoms with E-state index in [1.165, 1.54) is 0 Å². The van der Waals surface area contributed by atoms with E-state index >= 15 is 0 Å². The molecule has 0 aromatic carbocycles. The highest BCUT2D eigenvalue weighted by atomic mass is 16.7. The van der Waals surface area contributed by atoms with Crippen molar-refractivity contribution < 1.29 is 9.94 Å². The molecule has 0 spiro atoms. The molecule has 1 fully saturated rings. The predicted molar refractivity (Wildman–Crippen MR) is 23.0 cm³/mol. The standard InChI is InChI=1S/C4H8NO2/c6-4-1-2-5-7-3-4/h4-5H,1-3H2. The van der Waals surface area contributed by atoms with Gasteiger partial charge in [0.2, 0.25) is 0 Å². The van der Waals surface area contributed by atoms with Gasteiger partial charge in [0.25, 0.3) is 0 Å². The van der Waals surface area contributed by atoms with Crippen LogP contribution in [0.15, 0.2) is 0 Å². The molecular weight excluding hydrogens is 94.0 g/mol. The van der Waals surface area contributed by atoms with Crippen LogP contribution >= 0.6 is 0 Å². The summed E-state index contributed by atoms with van der Waals surface area (Å²) < 4.78 is 0. The van der Waals surface area contributed by atoms with Crippen molar-refractivity contribution in [1.82, 2.24) is 5.48 Å². The van der Waals surface area contributed by atoms with Crippen LogP contribution in [0.1, 0.15) is 6.42 Å². The van der Waals surface area contributed by atoms with Crippen LogP contribution in [0, 0.1) is 0 Å². The highest BCUT2D eigenvalue weighted by Crippen LogP contribution is 1.95. The van der Waals surface area contributed by atoms with E-state index < -0.39 is 6.10 Å². The van der Waals surface area contributed by atoms with E-state index in [1.54, 1.807) is 0 Å². The topological polar surface area (TPSA) is 41.2 Å². The zero-order valence-electron chi connectivity index (χ0n) is 4.02. The van der Waals surface area contributed by atoms with Crippen LogP contribution in [0.4, 0.5) is 0 Å². The molecule has 0 bridgehead atoms. The molecule has 1 atom stereocenters. The van der Waals surface area contributed by atoms with Gasteiger partial charge in [-0.3, -0.25) is 4.84 Å². The van der Waals surface area contributed by atoms with Gasteiger partial charge in [0.05, 0.1) is 6.61 Å². The minimum absolute atomic E-state index is 0.319. The van der Waals surface area contributed by atoms with Crippen molar-refractivity contribution >= 4 is 0 Å². The number of hydroxylamine groups is 1. The first-order valence-corrected chi connectivity index (χ1v) is 2.40. The first-order valence-electron chi connectivity index (χ1n) is 2.40. The molecule has 0 amide bonds. The van der Waals surface area contributed by atoms with Gasteiger partial charge >= 0.3 is 0 Å². The molecule has 1 aliphatic heterocycles. The quantitative estimate of drug-likeness (QED) is 0.456. The number of hydrogen-bond acceptors (Lipinski definition) is 2. The highest BCUT2D eigenvalue weighted by molar-refractivity contribution is 4.56. The molecule has 0 aliphatic carbocycles. The normalized spacial score (nSPS) is 33.0. The van der Waals surface area contributed by atoms with Crippen molar-refractivity contribution in [3.63, 3.8) is 0 Å². The van der Waals surface area contributed by atoms with E-state index in [1.807, 2.05) is 0 Å². The van der Waals surface area contributed by atoms with Crippen molar-refractivity contribution in [2.24, 2.45) is 0 Å². The van der Waals surface area contributed by atoms with Gasteiger partial charge in [-0.05, 0) is 6.42 Å². The fraction of sp³-hybridized carbons (Fsp3) is 1.00. The molecule has 1 rings (SSSR count). The van der Waals surface area contributed by atoms with Crippen molar-refractivity contribution in [1.29, 1.82) is 0 Å². The smallest absolute Gasteiger partial charge is 0.120 e. The maximum absolute atomic E-state index is 10.4. The zero-order chi connectivity index (χ0) is 5.11. The maximum Gasteiger partial charge on any atom is 0.120 e. The van der Waals surface area contributed by atoms with Gasteiger partial charge in [-0.2, -0.15) is 0 Å². The fourth-order valence-electron chi connectivity index (χ4n) is 0.527. The van der Waals surface area contributed by atoms with Gasteiger partial charge in [-0.25, -0.2) is 10.6 Å². The summed E-state index contributed by atoms with van der Waals surface area (Å²) in [5.74, 6) is 0. The second kappa shape index (κ2) is 2.26. The van der Waals surface area contributed by atoms with E-state index in [0.29, 0.717) is 19.6 Å². The average molecular weight is 102 g/mol. The lowest BCUT2D eigenvalue weighted by Gasteiger charge is -2.14. The summed E-state index contributed by atoms with van der Waals surface area (Å²) in [6.07, 6.45) is 0.196. The largest absolute Gasteiger partial charge is 0.299 e. The first kappa shape index (κ1) is 5.03. The predicted octanol–water partition coefficient (Wildman–Crippen LogP) is -0.290. The zero-order valence-corrected chi connectivity index (χ0v) is 4.02. The third-order valence-electron chi connectivity index (χ3n) is 0.940. The fourth-order valence-corrected chi connectivity index (χ4v) is 0.527. The van der Waals surface area contributed by atoms with Crippen LogP contribution < -0.4 is 5.48 Å². The molecule has 3 heteroatoms.